The molecule has 1 unspecified atom stereocenters. The minimum absolute atomic E-state index is 0.101. The van der Waals surface area contributed by atoms with Crippen molar-refractivity contribution in [2.24, 2.45) is 0 Å². The number of hydrogen-bond acceptors (Lipinski definition) is 4. The monoisotopic (exact) mass is 444 g/mol. The number of imidazole rings is 1. The SMILES string of the molecule is O=C(CCn1cnc2ccccc21)N1CCOC(c2cccc(Cc3ccc(F)cc3)n2)C1. The van der Waals surface area contributed by atoms with Gasteiger partial charge in [-0.3, -0.25) is 9.78 Å². The Morgan fingerprint density at radius 1 is 1.06 bits per heavy atom. The summed E-state index contributed by atoms with van der Waals surface area (Å²) in [6.45, 7) is 2.13. The molecule has 2 aromatic heterocycles. The van der Waals surface area contributed by atoms with Crippen LogP contribution in [0, 0.1) is 5.82 Å². The average Bonchev–Trinajstić information content (AvgIpc) is 3.27. The lowest BCUT2D eigenvalue weighted by Crippen LogP contribution is -2.42. The van der Waals surface area contributed by atoms with Crippen LogP contribution in [-0.4, -0.2) is 45.0 Å². The first kappa shape index (κ1) is 21.3. The highest BCUT2D eigenvalue weighted by molar-refractivity contribution is 5.77. The zero-order valence-electron chi connectivity index (χ0n) is 18.2. The Balaban J connectivity index is 1.22. The molecule has 5 rings (SSSR count). The van der Waals surface area contributed by atoms with Crippen molar-refractivity contribution in [1.82, 2.24) is 19.4 Å². The van der Waals surface area contributed by atoms with Gasteiger partial charge in [-0.2, -0.15) is 0 Å². The van der Waals surface area contributed by atoms with E-state index in [9.17, 15) is 9.18 Å². The number of benzene rings is 2. The highest BCUT2D eigenvalue weighted by atomic mass is 19.1. The van der Waals surface area contributed by atoms with Crippen LogP contribution in [0.5, 0.6) is 0 Å². The van der Waals surface area contributed by atoms with Crippen LogP contribution in [0.25, 0.3) is 11.0 Å². The first-order chi connectivity index (χ1) is 16.2. The van der Waals surface area contributed by atoms with Gasteiger partial charge >= 0.3 is 0 Å². The van der Waals surface area contributed by atoms with Gasteiger partial charge in [0, 0.05) is 31.6 Å². The molecule has 1 fully saturated rings. The van der Waals surface area contributed by atoms with E-state index >= 15 is 0 Å². The highest BCUT2D eigenvalue weighted by Gasteiger charge is 2.26. The van der Waals surface area contributed by atoms with Gasteiger partial charge in [0.1, 0.15) is 11.9 Å². The third-order valence-corrected chi connectivity index (χ3v) is 5.97. The van der Waals surface area contributed by atoms with E-state index in [1.807, 2.05) is 51.9 Å². The minimum atomic E-state index is -0.259. The summed E-state index contributed by atoms with van der Waals surface area (Å²) in [7, 11) is 0. The Kier molecular flexibility index (Phi) is 6.13. The molecule has 3 heterocycles. The maximum absolute atomic E-state index is 13.2. The highest BCUT2D eigenvalue weighted by Crippen LogP contribution is 2.22. The molecule has 4 aromatic rings. The molecular weight excluding hydrogens is 419 g/mol. The summed E-state index contributed by atoms with van der Waals surface area (Å²) in [4.78, 5) is 23.9. The number of ether oxygens (including phenoxy) is 1. The zero-order valence-corrected chi connectivity index (χ0v) is 18.2. The van der Waals surface area contributed by atoms with Crippen molar-refractivity contribution in [1.29, 1.82) is 0 Å². The third-order valence-electron chi connectivity index (χ3n) is 5.97. The van der Waals surface area contributed by atoms with Gasteiger partial charge in [-0.25, -0.2) is 9.37 Å². The van der Waals surface area contributed by atoms with E-state index in [4.69, 9.17) is 9.72 Å². The van der Waals surface area contributed by atoms with Gasteiger partial charge in [-0.15, -0.1) is 0 Å². The molecule has 168 valence electrons. The van der Waals surface area contributed by atoms with Crippen LogP contribution in [-0.2, 0) is 22.5 Å². The molecule has 33 heavy (non-hydrogen) atoms. The van der Waals surface area contributed by atoms with Crippen LogP contribution in [0.3, 0.4) is 0 Å². The number of aromatic nitrogens is 3. The fraction of sp³-hybridized carbons (Fsp3) is 0.269. The van der Waals surface area contributed by atoms with Gasteiger partial charge in [-0.05, 0) is 42.0 Å². The van der Waals surface area contributed by atoms with Crippen molar-refractivity contribution in [3.05, 3.63) is 95.8 Å². The van der Waals surface area contributed by atoms with E-state index < -0.39 is 0 Å². The van der Waals surface area contributed by atoms with Gasteiger partial charge in [0.25, 0.3) is 0 Å². The summed E-state index contributed by atoms with van der Waals surface area (Å²) in [5.74, 6) is -0.148. The molecule has 0 spiro atoms. The molecule has 0 radical (unpaired) electrons. The molecule has 7 heteroatoms. The largest absolute Gasteiger partial charge is 0.368 e. The molecule has 1 amide bonds. The van der Waals surface area contributed by atoms with Crippen LogP contribution < -0.4 is 0 Å². The third kappa shape index (κ3) is 4.93. The summed E-state index contributed by atoms with van der Waals surface area (Å²) >= 11 is 0. The van der Waals surface area contributed by atoms with Gasteiger partial charge < -0.3 is 14.2 Å². The number of pyridine rings is 1. The van der Waals surface area contributed by atoms with Crippen molar-refractivity contribution in [2.75, 3.05) is 19.7 Å². The Bertz CT molecular complexity index is 1250. The Morgan fingerprint density at radius 2 is 1.91 bits per heavy atom. The smallest absolute Gasteiger partial charge is 0.224 e. The van der Waals surface area contributed by atoms with Crippen LogP contribution in [0.2, 0.25) is 0 Å². The number of rotatable bonds is 6. The standard InChI is InChI=1S/C26H25FN4O2/c27-20-10-8-19(9-11-20)16-21-4-3-6-23(29-21)25-17-30(14-15-33-25)26(32)12-13-31-18-28-22-5-1-2-7-24(22)31/h1-11,18,25H,12-17H2. The van der Waals surface area contributed by atoms with Crippen molar-refractivity contribution in [3.8, 4) is 0 Å². The van der Waals surface area contributed by atoms with Gasteiger partial charge in [0.2, 0.25) is 5.91 Å². The first-order valence-corrected chi connectivity index (χ1v) is 11.2. The quantitative estimate of drug-likeness (QED) is 0.448. The van der Waals surface area contributed by atoms with Crippen molar-refractivity contribution in [3.63, 3.8) is 0 Å². The average molecular weight is 445 g/mol. The zero-order chi connectivity index (χ0) is 22.6. The molecule has 0 aliphatic carbocycles. The molecule has 6 nitrogen and oxygen atoms in total. The van der Waals surface area contributed by atoms with Gasteiger partial charge in [-0.1, -0.05) is 30.3 Å². The lowest BCUT2D eigenvalue weighted by molar-refractivity contribution is -0.139. The topological polar surface area (TPSA) is 60.2 Å². The lowest BCUT2D eigenvalue weighted by Gasteiger charge is -2.33. The van der Waals surface area contributed by atoms with Crippen molar-refractivity contribution >= 4 is 16.9 Å². The van der Waals surface area contributed by atoms with Gasteiger partial charge in [0.15, 0.2) is 0 Å². The molecular formula is C26H25FN4O2. The van der Waals surface area contributed by atoms with E-state index in [0.29, 0.717) is 39.1 Å². The normalized spacial score (nSPS) is 16.3. The number of halogens is 1. The number of carbonyl (C=O) groups excluding carboxylic acids is 1. The van der Waals surface area contributed by atoms with Crippen LogP contribution in [0.4, 0.5) is 4.39 Å². The predicted molar refractivity (Wildman–Crippen MR) is 123 cm³/mol. The summed E-state index contributed by atoms with van der Waals surface area (Å²) in [6, 6.07) is 20.2. The number of hydrogen-bond donors (Lipinski definition) is 0. The molecule has 1 atom stereocenters. The number of carbonyl (C=O) groups is 1. The van der Waals surface area contributed by atoms with E-state index in [1.165, 1.54) is 12.1 Å². The fourth-order valence-electron chi connectivity index (χ4n) is 4.20. The Morgan fingerprint density at radius 3 is 2.79 bits per heavy atom. The summed E-state index contributed by atoms with van der Waals surface area (Å²) in [6.07, 6.45) is 2.55. The lowest BCUT2D eigenvalue weighted by atomic mass is 10.1. The minimum Gasteiger partial charge on any atom is -0.368 e. The van der Waals surface area contributed by atoms with E-state index in [1.54, 1.807) is 18.5 Å². The van der Waals surface area contributed by atoms with E-state index in [0.717, 1.165) is 28.0 Å². The first-order valence-electron chi connectivity index (χ1n) is 11.2. The molecule has 1 aliphatic rings. The Labute approximate surface area is 191 Å². The molecule has 1 aliphatic heterocycles. The van der Waals surface area contributed by atoms with E-state index in [2.05, 4.69) is 4.98 Å². The molecule has 1 saturated heterocycles. The maximum Gasteiger partial charge on any atom is 0.224 e. The molecule has 0 bridgehead atoms. The number of aryl methyl sites for hydroxylation is 1. The second kappa shape index (κ2) is 9.50. The summed E-state index contributed by atoms with van der Waals surface area (Å²) in [5, 5.41) is 0. The second-order valence-electron chi connectivity index (χ2n) is 8.23. The molecule has 0 saturated carbocycles. The number of nitrogens with zero attached hydrogens (tertiary/aromatic N) is 4. The number of fused-ring (bicyclic) bond motifs is 1. The van der Waals surface area contributed by atoms with Crippen LogP contribution in [0.15, 0.2) is 73.1 Å². The maximum atomic E-state index is 13.2. The van der Waals surface area contributed by atoms with Crippen LogP contribution in [0.1, 0.15) is 29.5 Å². The predicted octanol–water partition coefficient (Wildman–Crippen LogP) is 4.15. The molecule has 0 N–H and O–H groups in total. The Hall–Kier alpha value is -3.58. The summed E-state index contributed by atoms with van der Waals surface area (Å²) < 4.78 is 21.1. The molecule has 2 aromatic carbocycles. The number of para-hydroxylation sites is 2. The fourth-order valence-corrected chi connectivity index (χ4v) is 4.20. The van der Waals surface area contributed by atoms with Crippen molar-refractivity contribution < 1.29 is 13.9 Å². The number of morpholine rings is 1. The van der Waals surface area contributed by atoms with Crippen molar-refractivity contribution in [2.45, 2.75) is 25.5 Å². The van der Waals surface area contributed by atoms with E-state index in [-0.39, 0.29) is 17.8 Å². The summed E-state index contributed by atoms with van der Waals surface area (Å²) in [5.41, 5.74) is 4.66. The van der Waals surface area contributed by atoms with Gasteiger partial charge in [0.05, 0.1) is 36.2 Å². The second-order valence-corrected chi connectivity index (χ2v) is 8.23. The van der Waals surface area contributed by atoms with Crippen LogP contribution >= 0.6 is 0 Å². The number of amides is 1.